The van der Waals surface area contributed by atoms with Gasteiger partial charge in [-0.1, -0.05) is 28.1 Å². The van der Waals surface area contributed by atoms with E-state index in [0.29, 0.717) is 11.8 Å². The fourth-order valence-electron chi connectivity index (χ4n) is 1.31. The third-order valence-electron chi connectivity index (χ3n) is 2.28. The van der Waals surface area contributed by atoms with Crippen LogP contribution in [0.25, 0.3) is 0 Å². The number of carbonyl (C=O) groups is 1. The summed E-state index contributed by atoms with van der Waals surface area (Å²) in [6, 6.07) is 6.58. The van der Waals surface area contributed by atoms with E-state index < -0.39 is 15.9 Å². The summed E-state index contributed by atoms with van der Waals surface area (Å²) in [4.78, 5) is 10.7. The first-order valence-corrected chi connectivity index (χ1v) is 7.99. The standard InChI is InChI=1S/C11H15BrN2O3S/c12-8-9-3-5-10(6-4-9)18(16,17)14-7-1-2-11(13)15/h3-6,14H,1-2,7-8H2,(H2,13,15). The molecule has 0 saturated carbocycles. The fraction of sp³-hybridized carbons (Fsp3) is 0.364. The van der Waals surface area contributed by atoms with Crippen molar-refractivity contribution in [2.24, 2.45) is 5.73 Å². The summed E-state index contributed by atoms with van der Waals surface area (Å²) in [6.45, 7) is 0.200. The van der Waals surface area contributed by atoms with Crippen LogP contribution in [0.1, 0.15) is 18.4 Å². The maximum absolute atomic E-state index is 11.8. The van der Waals surface area contributed by atoms with Crippen LogP contribution in [0.15, 0.2) is 29.2 Å². The molecule has 5 nitrogen and oxygen atoms in total. The van der Waals surface area contributed by atoms with Gasteiger partial charge in [-0.2, -0.15) is 0 Å². The van der Waals surface area contributed by atoms with Crippen LogP contribution in [0, 0.1) is 0 Å². The Bertz CT molecular complexity index is 500. The van der Waals surface area contributed by atoms with Crippen LogP contribution in [0.2, 0.25) is 0 Å². The Morgan fingerprint density at radius 1 is 1.28 bits per heavy atom. The van der Waals surface area contributed by atoms with E-state index in [9.17, 15) is 13.2 Å². The zero-order valence-electron chi connectivity index (χ0n) is 9.73. The topological polar surface area (TPSA) is 89.3 Å². The Hall–Kier alpha value is -0.920. The number of halogens is 1. The van der Waals surface area contributed by atoms with E-state index in [2.05, 4.69) is 20.7 Å². The number of hydrogen-bond acceptors (Lipinski definition) is 3. The third-order valence-corrected chi connectivity index (χ3v) is 4.40. The van der Waals surface area contributed by atoms with E-state index >= 15 is 0 Å². The zero-order chi connectivity index (χ0) is 13.6. The van der Waals surface area contributed by atoms with Crippen molar-refractivity contribution in [2.75, 3.05) is 6.54 Å². The molecule has 0 aliphatic carbocycles. The van der Waals surface area contributed by atoms with E-state index in [-0.39, 0.29) is 17.9 Å². The highest BCUT2D eigenvalue weighted by molar-refractivity contribution is 9.08. The molecule has 0 heterocycles. The normalized spacial score (nSPS) is 11.4. The minimum absolute atomic E-state index is 0.172. The van der Waals surface area contributed by atoms with Gasteiger partial charge in [-0.05, 0) is 24.1 Å². The van der Waals surface area contributed by atoms with Gasteiger partial charge in [-0.15, -0.1) is 0 Å². The van der Waals surface area contributed by atoms with Crippen LogP contribution in [0.4, 0.5) is 0 Å². The summed E-state index contributed by atoms with van der Waals surface area (Å²) in [6.07, 6.45) is 0.569. The number of primary amides is 1. The number of carbonyl (C=O) groups excluding carboxylic acids is 1. The SMILES string of the molecule is NC(=O)CCCNS(=O)(=O)c1ccc(CBr)cc1. The quantitative estimate of drug-likeness (QED) is 0.578. The minimum atomic E-state index is -3.50. The molecule has 1 rings (SSSR count). The lowest BCUT2D eigenvalue weighted by molar-refractivity contribution is -0.118. The maximum atomic E-state index is 11.8. The first-order valence-electron chi connectivity index (χ1n) is 5.38. The van der Waals surface area contributed by atoms with E-state index in [1.807, 2.05) is 0 Å². The molecule has 0 saturated heterocycles. The molecule has 100 valence electrons. The van der Waals surface area contributed by atoms with Gasteiger partial charge in [0.25, 0.3) is 0 Å². The summed E-state index contributed by atoms with van der Waals surface area (Å²) in [5, 5.41) is 0.680. The predicted octanol–water partition coefficient (Wildman–Crippen LogP) is 1.13. The number of alkyl halides is 1. The second-order valence-corrected chi connectivity index (χ2v) is 6.07. The van der Waals surface area contributed by atoms with Gasteiger partial charge in [0.15, 0.2) is 0 Å². The van der Waals surface area contributed by atoms with Gasteiger partial charge < -0.3 is 5.73 Å². The Balaban J connectivity index is 2.59. The Labute approximate surface area is 115 Å². The van der Waals surface area contributed by atoms with Gasteiger partial charge >= 0.3 is 0 Å². The summed E-state index contributed by atoms with van der Waals surface area (Å²) < 4.78 is 26.1. The Morgan fingerprint density at radius 3 is 2.39 bits per heavy atom. The molecule has 1 aromatic rings. The van der Waals surface area contributed by atoms with Crippen LogP contribution < -0.4 is 10.5 Å². The van der Waals surface area contributed by atoms with E-state index in [0.717, 1.165) is 5.56 Å². The molecule has 0 spiro atoms. The number of nitrogens with one attached hydrogen (secondary N) is 1. The smallest absolute Gasteiger partial charge is 0.240 e. The number of benzene rings is 1. The molecule has 0 unspecified atom stereocenters. The number of amides is 1. The van der Waals surface area contributed by atoms with Gasteiger partial charge in [-0.3, -0.25) is 4.79 Å². The van der Waals surface area contributed by atoms with Gasteiger partial charge in [0, 0.05) is 18.3 Å². The van der Waals surface area contributed by atoms with Crippen molar-refractivity contribution in [3.05, 3.63) is 29.8 Å². The van der Waals surface area contributed by atoms with Gasteiger partial charge in [0.1, 0.15) is 0 Å². The molecule has 7 heteroatoms. The van der Waals surface area contributed by atoms with Gasteiger partial charge in [-0.25, -0.2) is 13.1 Å². The second-order valence-electron chi connectivity index (χ2n) is 3.75. The number of sulfonamides is 1. The van der Waals surface area contributed by atoms with Crippen molar-refractivity contribution in [1.82, 2.24) is 4.72 Å². The van der Waals surface area contributed by atoms with Crippen LogP contribution in [0.3, 0.4) is 0 Å². The fourth-order valence-corrected chi connectivity index (χ4v) is 2.76. The van der Waals surface area contributed by atoms with Crippen LogP contribution in [-0.4, -0.2) is 20.9 Å². The van der Waals surface area contributed by atoms with Crippen LogP contribution >= 0.6 is 15.9 Å². The molecule has 18 heavy (non-hydrogen) atoms. The number of nitrogens with two attached hydrogens (primary N) is 1. The van der Waals surface area contributed by atoms with Crippen LogP contribution in [0.5, 0.6) is 0 Å². The molecule has 0 aromatic heterocycles. The molecule has 1 aromatic carbocycles. The Kier molecular flexibility index (Phi) is 5.77. The first kappa shape index (κ1) is 15.1. The highest BCUT2D eigenvalue weighted by Crippen LogP contribution is 2.12. The van der Waals surface area contributed by atoms with Crippen LogP contribution in [-0.2, 0) is 20.1 Å². The monoisotopic (exact) mass is 334 g/mol. The maximum Gasteiger partial charge on any atom is 0.240 e. The van der Waals surface area contributed by atoms with Crippen molar-refractivity contribution in [1.29, 1.82) is 0 Å². The molecule has 0 bridgehead atoms. The largest absolute Gasteiger partial charge is 0.370 e. The highest BCUT2D eigenvalue weighted by atomic mass is 79.9. The Morgan fingerprint density at radius 2 is 1.89 bits per heavy atom. The summed E-state index contributed by atoms with van der Waals surface area (Å²) in [5.41, 5.74) is 5.97. The summed E-state index contributed by atoms with van der Waals surface area (Å²) in [5.74, 6) is -0.434. The molecule has 0 aliphatic heterocycles. The molecular weight excluding hydrogens is 320 g/mol. The third kappa shape index (κ3) is 4.75. The lowest BCUT2D eigenvalue weighted by Crippen LogP contribution is -2.25. The van der Waals surface area contributed by atoms with Crippen molar-refractivity contribution < 1.29 is 13.2 Å². The van der Waals surface area contributed by atoms with Gasteiger partial charge in [0.2, 0.25) is 15.9 Å². The van der Waals surface area contributed by atoms with E-state index in [4.69, 9.17) is 5.73 Å². The minimum Gasteiger partial charge on any atom is -0.370 e. The van der Waals surface area contributed by atoms with Crippen molar-refractivity contribution in [3.8, 4) is 0 Å². The molecule has 0 aliphatic rings. The lowest BCUT2D eigenvalue weighted by Gasteiger charge is -2.06. The number of hydrogen-bond donors (Lipinski definition) is 2. The molecule has 1 amide bonds. The molecule has 0 fully saturated rings. The number of rotatable bonds is 7. The first-order chi connectivity index (χ1) is 8.45. The highest BCUT2D eigenvalue weighted by Gasteiger charge is 2.12. The van der Waals surface area contributed by atoms with Gasteiger partial charge in [0.05, 0.1) is 4.90 Å². The molecular formula is C11H15BrN2O3S. The average Bonchev–Trinajstić information content (AvgIpc) is 2.34. The van der Waals surface area contributed by atoms with E-state index in [1.165, 1.54) is 0 Å². The predicted molar refractivity (Wildman–Crippen MR) is 72.7 cm³/mol. The van der Waals surface area contributed by atoms with Crippen molar-refractivity contribution in [3.63, 3.8) is 0 Å². The van der Waals surface area contributed by atoms with Crippen molar-refractivity contribution in [2.45, 2.75) is 23.1 Å². The molecule has 0 atom stereocenters. The van der Waals surface area contributed by atoms with Crippen molar-refractivity contribution >= 4 is 31.9 Å². The zero-order valence-corrected chi connectivity index (χ0v) is 12.1. The summed E-state index contributed by atoms with van der Waals surface area (Å²) >= 11 is 3.29. The van der Waals surface area contributed by atoms with E-state index in [1.54, 1.807) is 24.3 Å². The molecule has 3 N–H and O–H groups in total. The average molecular weight is 335 g/mol. The molecule has 0 radical (unpaired) electrons. The lowest BCUT2D eigenvalue weighted by atomic mass is 10.2. The summed E-state index contributed by atoms with van der Waals surface area (Å²) in [7, 11) is -3.50. The second kappa shape index (κ2) is 6.86.